The summed E-state index contributed by atoms with van der Waals surface area (Å²) in [5, 5.41) is 0. The van der Waals surface area contributed by atoms with Gasteiger partial charge in [0.2, 0.25) is 0 Å². The summed E-state index contributed by atoms with van der Waals surface area (Å²) < 4.78 is 0. The lowest BCUT2D eigenvalue weighted by atomic mass is 11.8. The highest BCUT2D eigenvalue weighted by Gasteiger charge is 1.71. The lowest BCUT2D eigenvalue weighted by Gasteiger charge is -1.75. The molecule has 0 aromatic carbocycles. The number of rotatable bonds is 0. The van der Waals surface area contributed by atoms with Crippen molar-refractivity contribution in [2.45, 2.75) is 19.6 Å². The molecule has 0 saturated carbocycles. The van der Waals surface area contributed by atoms with Crippen LogP contribution in [-0.2, 0) is 0 Å². The van der Waals surface area contributed by atoms with Crippen molar-refractivity contribution >= 4 is 8.80 Å². The molecule has 0 amide bonds. The van der Waals surface area contributed by atoms with Crippen LogP contribution in [0.4, 0.5) is 0 Å². The molecular weight excluding hydrogens is 64.1 g/mol. The maximum absolute atomic E-state index is 2.31. The third-order valence-electron chi connectivity index (χ3n) is 0. The summed E-state index contributed by atoms with van der Waals surface area (Å²) in [6.45, 7) is 6.92. The first-order valence-corrected chi connectivity index (χ1v) is 5.20. The van der Waals surface area contributed by atoms with Crippen LogP contribution in [-0.4, -0.2) is 8.80 Å². The van der Waals surface area contributed by atoms with E-state index in [0.29, 0.717) is 0 Å². The van der Waals surface area contributed by atoms with Crippen molar-refractivity contribution < 1.29 is 1.43 Å². The Balaban J connectivity index is 0. The van der Waals surface area contributed by atoms with E-state index in [4.69, 9.17) is 0 Å². The summed E-state index contributed by atoms with van der Waals surface area (Å²) in [5.74, 6) is 0. The largest absolute Gasteiger partial charge is 0.0724 e. The van der Waals surface area contributed by atoms with E-state index in [1.807, 2.05) is 0 Å². The standard InChI is InChI=1S/C3H10Si.H2/c1-4(2)3;/h4H,1-3H3;1H. The molecule has 0 atom stereocenters. The van der Waals surface area contributed by atoms with Crippen LogP contribution in [0.2, 0.25) is 19.6 Å². The van der Waals surface area contributed by atoms with Gasteiger partial charge in [0.05, 0.1) is 0 Å². The maximum atomic E-state index is 2.31. The zero-order valence-corrected chi connectivity index (χ0v) is 4.73. The van der Waals surface area contributed by atoms with E-state index < -0.39 is 0 Å². The van der Waals surface area contributed by atoms with Gasteiger partial charge in [0.1, 0.15) is 0 Å². The van der Waals surface area contributed by atoms with Gasteiger partial charge in [-0.15, -0.1) is 0 Å². The van der Waals surface area contributed by atoms with Crippen LogP contribution < -0.4 is 0 Å². The minimum atomic E-state index is -0.139. The van der Waals surface area contributed by atoms with Crippen LogP contribution in [0, 0.1) is 0 Å². The Kier molecular flexibility index (Phi) is 1.61. The molecule has 0 N–H and O–H groups in total. The van der Waals surface area contributed by atoms with Crippen LogP contribution >= 0.6 is 0 Å². The Hall–Kier alpha value is 0.217. The van der Waals surface area contributed by atoms with Crippen molar-refractivity contribution in [1.29, 1.82) is 0 Å². The predicted molar refractivity (Wildman–Crippen MR) is 26.9 cm³/mol. The van der Waals surface area contributed by atoms with Gasteiger partial charge in [-0.25, -0.2) is 0 Å². The first-order valence-electron chi connectivity index (χ1n) is 1.73. The molecule has 0 bridgehead atoms. The molecule has 28 valence electrons. The summed E-state index contributed by atoms with van der Waals surface area (Å²) >= 11 is 0. The fourth-order valence-electron chi connectivity index (χ4n) is 0. The first-order chi connectivity index (χ1) is 1.73. The Morgan fingerprint density at radius 3 is 1.25 bits per heavy atom. The average Bonchev–Trinajstić information content (AvgIpc) is 0.811. The zero-order chi connectivity index (χ0) is 3.58. The Morgan fingerprint density at radius 2 is 1.25 bits per heavy atom. The maximum Gasteiger partial charge on any atom is 0.0274 e. The van der Waals surface area contributed by atoms with Crippen LogP contribution in [0.3, 0.4) is 0 Å². The Bertz CT molecular complexity index is 11.6. The molecule has 1 heteroatoms. The van der Waals surface area contributed by atoms with Crippen molar-refractivity contribution in [3.05, 3.63) is 0 Å². The minimum Gasteiger partial charge on any atom is -0.0724 e. The van der Waals surface area contributed by atoms with Gasteiger partial charge >= 0.3 is 0 Å². The van der Waals surface area contributed by atoms with Gasteiger partial charge < -0.3 is 0 Å². The highest BCUT2D eigenvalue weighted by atomic mass is 28.3. The Labute approximate surface area is 30.9 Å². The van der Waals surface area contributed by atoms with Gasteiger partial charge in [-0.2, -0.15) is 0 Å². The summed E-state index contributed by atoms with van der Waals surface area (Å²) in [4.78, 5) is 0. The second kappa shape index (κ2) is 1.53. The summed E-state index contributed by atoms with van der Waals surface area (Å²) in [6.07, 6.45) is 0. The third kappa shape index (κ3) is 69.8. The molecule has 0 saturated heterocycles. The molecule has 0 nitrogen and oxygen atoms in total. The van der Waals surface area contributed by atoms with Gasteiger partial charge in [-0.05, 0) is 0 Å². The molecular formula is C3H12Si. The first kappa shape index (κ1) is 4.22. The van der Waals surface area contributed by atoms with Gasteiger partial charge in [-0.1, -0.05) is 19.6 Å². The molecule has 4 heavy (non-hydrogen) atoms. The molecule has 0 aromatic heterocycles. The molecule has 0 aliphatic rings. The zero-order valence-electron chi connectivity index (χ0n) is 3.58. The lowest BCUT2D eigenvalue weighted by molar-refractivity contribution is 1.91. The highest BCUT2D eigenvalue weighted by Crippen LogP contribution is 1.68. The highest BCUT2D eigenvalue weighted by molar-refractivity contribution is 6.54. The van der Waals surface area contributed by atoms with E-state index >= 15 is 0 Å². The molecule has 0 spiro atoms. The third-order valence-corrected chi connectivity index (χ3v) is 0. The van der Waals surface area contributed by atoms with E-state index in [9.17, 15) is 0 Å². The van der Waals surface area contributed by atoms with Crippen molar-refractivity contribution in [2.75, 3.05) is 0 Å². The van der Waals surface area contributed by atoms with Crippen molar-refractivity contribution in [1.82, 2.24) is 0 Å². The van der Waals surface area contributed by atoms with Gasteiger partial charge in [0.15, 0.2) is 0 Å². The monoisotopic (exact) mass is 76.1 g/mol. The number of hydrogen-bond acceptors (Lipinski definition) is 0. The molecule has 0 aliphatic carbocycles. The van der Waals surface area contributed by atoms with Crippen LogP contribution in [0.15, 0.2) is 0 Å². The van der Waals surface area contributed by atoms with E-state index in [0.717, 1.165) is 0 Å². The van der Waals surface area contributed by atoms with Crippen molar-refractivity contribution in [3.63, 3.8) is 0 Å². The topological polar surface area (TPSA) is 0 Å². The van der Waals surface area contributed by atoms with Crippen LogP contribution in [0.1, 0.15) is 1.43 Å². The van der Waals surface area contributed by atoms with Crippen LogP contribution in [0.5, 0.6) is 0 Å². The molecule has 0 heterocycles. The van der Waals surface area contributed by atoms with Crippen LogP contribution in [0.25, 0.3) is 0 Å². The van der Waals surface area contributed by atoms with Gasteiger partial charge in [0, 0.05) is 10.2 Å². The quantitative estimate of drug-likeness (QED) is 0.382. The molecule has 0 aromatic rings. The molecule has 0 fully saturated rings. The number of hydrogen-bond donors (Lipinski definition) is 0. The second-order valence-electron chi connectivity index (χ2n) is 1.73. The van der Waals surface area contributed by atoms with Gasteiger partial charge in [0.25, 0.3) is 0 Å². The molecule has 0 unspecified atom stereocenters. The van der Waals surface area contributed by atoms with Gasteiger partial charge in [-0.3, -0.25) is 0 Å². The predicted octanol–water partition coefficient (Wildman–Crippen LogP) is 1.35. The van der Waals surface area contributed by atoms with E-state index in [1.165, 1.54) is 0 Å². The van der Waals surface area contributed by atoms with E-state index in [1.54, 1.807) is 0 Å². The Morgan fingerprint density at radius 1 is 1.25 bits per heavy atom. The summed E-state index contributed by atoms with van der Waals surface area (Å²) in [7, 11) is -0.139. The summed E-state index contributed by atoms with van der Waals surface area (Å²) in [5.41, 5.74) is 0. The SMILES string of the molecule is C[SiH](C)C.[HH]. The fourth-order valence-corrected chi connectivity index (χ4v) is 0. The minimum absolute atomic E-state index is 0. The molecule has 0 rings (SSSR count). The van der Waals surface area contributed by atoms with E-state index in [2.05, 4.69) is 19.6 Å². The molecule has 0 radical (unpaired) electrons. The second-order valence-corrected chi connectivity index (χ2v) is 5.20. The normalized spacial score (nSPS) is 9.00. The lowest BCUT2D eigenvalue weighted by Crippen LogP contribution is -1.84. The molecule has 0 aliphatic heterocycles. The summed E-state index contributed by atoms with van der Waals surface area (Å²) in [6, 6.07) is 0. The smallest absolute Gasteiger partial charge is 0.0274 e. The fraction of sp³-hybridized carbons (Fsp3) is 1.00. The van der Waals surface area contributed by atoms with Crippen molar-refractivity contribution in [3.8, 4) is 0 Å². The average molecular weight is 76.2 g/mol. The van der Waals surface area contributed by atoms with Crippen molar-refractivity contribution in [2.24, 2.45) is 0 Å². The van der Waals surface area contributed by atoms with E-state index in [-0.39, 0.29) is 10.2 Å².